The fraction of sp³-hybridized carbons (Fsp3) is 0.364. The van der Waals surface area contributed by atoms with E-state index >= 15 is 0 Å². The predicted molar refractivity (Wildman–Crippen MR) is 116 cm³/mol. The summed E-state index contributed by atoms with van der Waals surface area (Å²) in [4.78, 5) is 16.9. The molecule has 28 heavy (non-hydrogen) atoms. The van der Waals surface area contributed by atoms with Crippen molar-refractivity contribution in [2.24, 2.45) is 0 Å². The number of nitrogens with zero attached hydrogens (tertiary/aromatic N) is 2. The molecule has 3 aromatic rings. The zero-order valence-electron chi connectivity index (χ0n) is 16.2. The number of aromatic nitrogens is 2. The van der Waals surface area contributed by atoms with Gasteiger partial charge in [-0.2, -0.15) is 0 Å². The predicted octanol–water partition coefficient (Wildman–Crippen LogP) is 4.59. The van der Waals surface area contributed by atoms with Gasteiger partial charge in [0.1, 0.15) is 5.82 Å². The molecule has 5 nitrogen and oxygen atoms in total. The Morgan fingerprint density at radius 3 is 2.68 bits per heavy atom. The number of unbranched alkanes of at least 4 members (excludes halogenated alkanes) is 2. The van der Waals surface area contributed by atoms with Gasteiger partial charge in [-0.3, -0.25) is 4.79 Å². The van der Waals surface area contributed by atoms with Crippen molar-refractivity contribution in [3.8, 4) is 0 Å². The van der Waals surface area contributed by atoms with Crippen LogP contribution >= 0.6 is 15.9 Å². The van der Waals surface area contributed by atoms with Crippen molar-refractivity contribution in [2.45, 2.75) is 32.2 Å². The van der Waals surface area contributed by atoms with Gasteiger partial charge in [0.2, 0.25) is 0 Å². The molecule has 0 saturated carbocycles. The van der Waals surface area contributed by atoms with Crippen molar-refractivity contribution < 1.29 is 9.53 Å². The normalized spacial score (nSPS) is 11.1. The number of nitrogens with one attached hydrogen (secondary N) is 1. The van der Waals surface area contributed by atoms with E-state index in [1.54, 1.807) is 7.11 Å². The largest absolute Gasteiger partial charge is 0.383 e. The highest BCUT2D eigenvalue weighted by Gasteiger charge is 2.10. The third-order valence-electron chi connectivity index (χ3n) is 4.72. The van der Waals surface area contributed by atoms with Gasteiger partial charge < -0.3 is 14.6 Å². The van der Waals surface area contributed by atoms with Gasteiger partial charge in [-0.15, -0.1) is 0 Å². The zero-order valence-corrected chi connectivity index (χ0v) is 17.7. The third-order valence-corrected chi connectivity index (χ3v) is 5.25. The molecule has 0 atom stereocenters. The molecule has 1 amide bonds. The Balaban J connectivity index is 1.45. The molecule has 6 heteroatoms. The van der Waals surface area contributed by atoms with E-state index in [9.17, 15) is 4.79 Å². The number of carbonyl (C=O) groups excluding carboxylic acids is 1. The molecule has 0 aliphatic heterocycles. The first-order valence-corrected chi connectivity index (χ1v) is 10.4. The number of amides is 1. The maximum atomic E-state index is 12.1. The molecule has 2 aromatic carbocycles. The number of fused-ring (bicyclic) bond motifs is 1. The SMILES string of the molecule is COCCn1c(CCCCCNC(=O)c2ccc(Br)cc2)nc2ccccc21. The monoisotopic (exact) mass is 443 g/mol. The van der Waals surface area contributed by atoms with Crippen LogP contribution in [-0.4, -0.2) is 35.7 Å². The van der Waals surface area contributed by atoms with Crippen LogP contribution in [0.25, 0.3) is 11.0 Å². The van der Waals surface area contributed by atoms with Gasteiger partial charge in [0.25, 0.3) is 5.91 Å². The van der Waals surface area contributed by atoms with Crippen LogP contribution in [0.1, 0.15) is 35.4 Å². The number of methoxy groups -OCH3 is 1. The number of carbonyl (C=O) groups is 1. The Hall–Kier alpha value is -2.18. The maximum Gasteiger partial charge on any atom is 0.251 e. The average molecular weight is 444 g/mol. The highest BCUT2D eigenvalue weighted by molar-refractivity contribution is 9.10. The first-order valence-electron chi connectivity index (χ1n) is 9.66. The Kier molecular flexibility index (Phi) is 7.62. The van der Waals surface area contributed by atoms with Gasteiger partial charge in [0, 0.05) is 36.7 Å². The summed E-state index contributed by atoms with van der Waals surface area (Å²) >= 11 is 3.38. The van der Waals surface area contributed by atoms with Gasteiger partial charge in [0.15, 0.2) is 0 Å². The molecular weight excluding hydrogens is 418 g/mol. The summed E-state index contributed by atoms with van der Waals surface area (Å²) in [5, 5.41) is 2.99. The molecule has 0 aliphatic rings. The molecule has 0 radical (unpaired) electrons. The van der Waals surface area contributed by atoms with Crippen molar-refractivity contribution in [1.82, 2.24) is 14.9 Å². The molecule has 0 fully saturated rings. The molecule has 0 spiro atoms. The number of halogens is 1. The number of hydrogen-bond acceptors (Lipinski definition) is 3. The third kappa shape index (κ3) is 5.42. The Bertz CT molecular complexity index is 906. The van der Waals surface area contributed by atoms with Gasteiger partial charge in [-0.1, -0.05) is 34.5 Å². The lowest BCUT2D eigenvalue weighted by Crippen LogP contribution is -2.24. The Labute approximate surface area is 174 Å². The lowest BCUT2D eigenvalue weighted by Gasteiger charge is -2.09. The van der Waals surface area contributed by atoms with Gasteiger partial charge in [0.05, 0.1) is 17.6 Å². The summed E-state index contributed by atoms with van der Waals surface area (Å²) in [6.07, 6.45) is 3.98. The lowest BCUT2D eigenvalue weighted by molar-refractivity contribution is 0.0953. The van der Waals surface area contributed by atoms with Crippen LogP contribution in [0.4, 0.5) is 0 Å². The second kappa shape index (κ2) is 10.4. The molecule has 1 aromatic heterocycles. The quantitative estimate of drug-likeness (QED) is 0.466. The molecule has 1 N–H and O–H groups in total. The molecule has 0 aliphatic carbocycles. The minimum absolute atomic E-state index is 0.0196. The topological polar surface area (TPSA) is 56.1 Å². The lowest BCUT2D eigenvalue weighted by atomic mass is 10.1. The molecule has 0 bridgehead atoms. The van der Waals surface area contributed by atoms with E-state index < -0.39 is 0 Å². The molecule has 148 valence electrons. The number of para-hydroxylation sites is 2. The summed E-state index contributed by atoms with van der Waals surface area (Å²) in [6.45, 7) is 2.18. The highest BCUT2D eigenvalue weighted by Crippen LogP contribution is 2.18. The van der Waals surface area contributed by atoms with Crippen LogP contribution in [0.15, 0.2) is 53.0 Å². The van der Waals surface area contributed by atoms with Crippen LogP contribution in [0.5, 0.6) is 0 Å². The minimum atomic E-state index is -0.0196. The summed E-state index contributed by atoms with van der Waals surface area (Å²) < 4.78 is 8.48. The smallest absolute Gasteiger partial charge is 0.251 e. The van der Waals surface area contributed by atoms with Crippen molar-refractivity contribution in [3.05, 3.63) is 64.4 Å². The summed E-state index contributed by atoms with van der Waals surface area (Å²) in [6, 6.07) is 15.6. The first-order chi connectivity index (χ1) is 13.7. The summed E-state index contributed by atoms with van der Waals surface area (Å²) in [7, 11) is 1.72. The van der Waals surface area contributed by atoms with Crippen LogP contribution in [-0.2, 0) is 17.7 Å². The highest BCUT2D eigenvalue weighted by atomic mass is 79.9. The number of ether oxygens (including phenoxy) is 1. The van der Waals surface area contributed by atoms with E-state index in [1.165, 1.54) is 0 Å². The van der Waals surface area contributed by atoms with Crippen LogP contribution in [0.3, 0.4) is 0 Å². The molecule has 0 unspecified atom stereocenters. The van der Waals surface area contributed by atoms with Crippen molar-refractivity contribution in [3.63, 3.8) is 0 Å². The maximum absolute atomic E-state index is 12.1. The van der Waals surface area contributed by atoms with Gasteiger partial charge in [-0.25, -0.2) is 4.98 Å². The summed E-state index contributed by atoms with van der Waals surface area (Å²) in [5.41, 5.74) is 2.89. The molecule has 0 saturated heterocycles. The van der Waals surface area contributed by atoms with E-state index in [2.05, 4.69) is 37.9 Å². The van der Waals surface area contributed by atoms with E-state index in [4.69, 9.17) is 9.72 Å². The standard InChI is InChI=1S/C22H26BrN3O2/c1-28-16-15-26-20-8-5-4-7-19(20)25-21(26)9-3-2-6-14-24-22(27)17-10-12-18(23)13-11-17/h4-5,7-8,10-13H,2-3,6,9,14-16H2,1H3,(H,24,27). The zero-order chi connectivity index (χ0) is 19.8. The van der Waals surface area contributed by atoms with Crippen molar-refractivity contribution in [2.75, 3.05) is 20.3 Å². The number of benzene rings is 2. The Morgan fingerprint density at radius 2 is 1.89 bits per heavy atom. The number of hydrogen-bond donors (Lipinski definition) is 1. The van der Waals surface area contributed by atoms with Gasteiger partial charge in [-0.05, 0) is 49.2 Å². The second-order valence-corrected chi connectivity index (χ2v) is 7.65. The van der Waals surface area contributed by atoms with Crippen LogP contribution in [0, 0.1) is 0 Å². The number of imidazole rings is 1. The average Bonchev–Trinajstić information content (AvgIpc) is 3.06. The fourth-order valence-corrected chi connectivity index (χ4v) is 3.50. The minimum Gasteiger partial charge on any atom is -0.383 e. The second-order valence-electron chi connectivity index (χ2n) is 6.73. The van der Waals surface area contributed by atoms with Crippen LogP contribution < -0.4 is 5.32 Å². The van der Waals surface area contributed by atoms with Crippen molar-refractivity contribution in [1.29, 1.82) is 0 Å². The van der Waals surface area contributed by atoms with E-state index in [-0.39, 0.29) is 5.91 Å². The number of aryl methyl sites for hydroxylation is 1. The molecule has 3 rings (SSSR count). The summed E-state index contributed by atoms with van der Waals surface area (Å²) in [5.74, 6) is 1.09. The fourth-order valence-electron chi connectivity index (χ4n) is 3.24. The van der Waals surface area contributed by atoms with E-state index in [1.807, 2.05) is 36.4 Å². The van der Waals surface area contributed by atoms with Crippen LogP contribution in [0.2, 0.25) is 0 Å². The van der Waals surface area contributed by atoms with E-state index in [0.29, 0.717) is 18.7 Å². The molecular formula is C22H26BrN3O2. The Morgan fingerprint density at radius 1 is 1.11 bits per heavy atom. The van der Waals surface area contributed by atoms with Crippen molar-refractivity contribution >= 4 is 32.9 Å². The molecule has 1 heterocycles. The first kappa shape index (κ1) is 20.6. The van der Waals surface area contributed by atoms with E-state index in [0.717, 1.165) is 53.6 Å². The van der Waals surface area contributed by atoms with Gasteiger partial charge >= 0.3 is 0 Å². The number of rotatable bonds is 10.